The molecule has 0 unspecified atom stereocenters. The Morgan fingerprint density at radius 3 is 2.67 bits per heavy atom. The molecule has 0 saturated heterocycles. The molecule has 0 radical (unpaired) electrons. The van der Waals surface area contributed by atoms with Crippen LogP contribution in [-0.2, 0) is 9.53 Å². The maximum atomic E-state index is 11.4. The lowest BCUT2D eigenvalue weighted by molar-refractivity contribution is -0.135. The minimum atomic E-state index is 0.141. The van der Waals surface area contributed by atoms with Crippen LogP contribution in [0.25, 0.3) is 0 Å². The summed E-state index contributed by atoms with van der Waals surface area (Å²) in [5.74, 6) is 0.141. The Kier molecular flexibility index (Phi) is 3.53. The van der Waals surface area contributed by atoms with Gasteiger partial charge in [-0.05, 0) is 19.3 Å². The van der Waals surface area contributed by atoms with Gasteiger partial charge in [0.05, 0.1) is 0 Å². The monoisotopic (exact) mass is 171 g/mol. The molecule has 0 aliphatic heterocycles. The van der Waals surface area contributed by atoms with E-state index < -0.39 is 0 Å². The molecule has 12 heavy (non-hydrogen) atoms. The lowest BCUT2D eigenvalue weighted by Gasteiger charge is -2.20. The van der Waals surface area contributed by atoms with Crippen LogP contribution in [-0.4, -0.2) is 37.1 Å². The minimum Gasteiger partial charge on any atom is -0.375 e. The molecular formula is C9H17NO2. The van der Waals surface area contributed by atoms with E-state index in [1.54, 1.807) is 7.11 Å². The smallest absolute Gasteiger partial charge is 0.248 e. The molecule has 0 aromatic heterocycles. The van der Waals surface area contributed by atoms with Gasteiger partial charge in [-0.15, -0.1) is 0 Å². The minimum absolute atomic E-state index is 0.141. The zero-order valence-corrected chi connectivity index (χ0v) is 7.88. The van der Waals surface area contributed by atoms with E-state index in [1.807, 2.05) is 4.90 Å². The first-order chi connectivity index (χ1) is 5.79. The topological polar surface area (TPSA) is 29.5 Å². The average Bonchev–Trinajstić information content (AvgIpc) is 2.83. The molecule has 1 fully saturated rings. The lowest BCUT2D eigenvalue weighted by atomic mass is 10.4. The highest BCUT2D eigenvalue weighted by molar-refractivity contribution is 5.78. The molecule has 0 atom stereocenters. The van der Waals surface area contributed by atoms with Crippen LogP contribution in [0.5, 0.6) is 0 Å². The summed E-state index contributed by atoms with van der Waals surface area (Å²) < 4.78 is 4.82. The van der Waals surface area contributed by atoms with Crippen LogP contribution in [0.1, 0.15) is 26.2 Å². The number of hydrogen-bond acceptors (Lipinski definition) is 2. The SMILES string of the molecule is CCCN(C(=O)COC)C1CC1. The second kappa shape index (κ2) is 4.45. The van der Waals surface area contributed by atoms with Gasteiger partial charge in [-0.25, -0.2) is 0 Å². The first-order valence-electron chi connectivity index (χ1n) is 4.58. The van der Waals surface area contributed by atoms with Gasteiger partial charge < -0.3 is 9.64 Å². The van der Waals surface area contributed by atoms with Crippen molar-refractivity contribution in [1.82, 2.24) is 4.90 Å². The van der Waals surface area contributed by atoms with Crippen molar-refractivity contribution in [2.75, 3.05) is 20.3 Å². The second-order valence-electron chi connectivity index (χ2n) is 3.25. The molecule has 1 saturated carbocycles. The molecule has 0 spiro atoms. The fourth-order valence-electron chi connectivity index (χ4n) is 1.34. The molecule has 1 aliphatic rings. The van der Waals surface area contributed by atoms with E-state index in [-0.39, 0.29) is 12.5 Å². The van der Waals surface area contributed by atoms with Crippen molar-refractivity contribution in [3.8, 4) is 0 Å². The number of rotatable bonds is 5. The standard InChI is InChI=1S/C9H17NO2/c1-3-6-10(8-4-5-8)9(11)7-12-2/h8H,3-7H2,1-2H3. The number of methoxy groups -OCH3 is 1. The summed E-state index contributed by atoms with van der Waals surface area (Å²) in [4.78, 5) is 13.4. The van der Waals surface area contributed by atoms with Crippen molar-refractivity contribution < 1.29 is 9.53 Å². The molecular weight excluding hydrogens is 154 g/mol. The van der Waals surface area contributed by atoms with Gasteiger partial charge in [-0.3, -0.25) is 4.79 Å². The van der Waals surface area contributed by atoms with Crippen LogP contribution in [0.4, 0.5) is 0 Å². The summed E-state index contributed by atoms with van der Waals surface area (Å²) in [6, 6.07) is 0.521. The quantitative estimate of drug-likeness (QED) is 0.618. The summed E-state index contributed by atoms with van der Waals surface area (Å²) >= 11 is 0. The third-order valence-electron chi connectivity index (χ3n) is 2.04. The van der Waals surface area contributed by atoms with Crippen LogP contribution in [0.3, 0.4) is 0 Å². The molecule has 1 amide bonds. The normalized spacial score (nSPS) is 16.2. The molecule has 0 aromatic carbocycles. The summed E-state index contributed by atoms with van der Waals surface area (Å²) in [5.41, 5.74) is 0. The third kappa shape index (κ3) is 2.48. The number of carbonyl (C=O) groups excluding carboxylic acids is 1. The molecule has 1 aliphatic carbocycles. The van der Waals surface area contributed by atoms with Crippen molar-refractivity contribution >= 4 is 5.91 Å². The number of hydrogen-bond donors (Lipinski definition) is 0. The Morgan fingerprint density at radius 2 is 2.25 bits per heavy atom. The zero-order chi connectivity index (χ0) is 8.97. The molecule has 0 heterocycles. The van der Waals surface area contributed by atoms with Crippen molar-refractivity contribution in [3.05, 3.63) is 0 Å². The van der Waals surface area contributed by atoms with E-state index >= 15 is 0 Å². The predicted octanol–water partition coefficient (Wildman–Crippen LogP) is 1.03. The summed E-state index contributed by atoms with van der Waals surface area (Å²) in [6.07, 6.45) is 3.39. The molecule has 3 heteroatoms. The van der Waals surface area contributed by atoms with Gasteiger partial charge in [0.1, 0.15) is 6.61 Å². The molecule has 0 aromatic rings. The van der Waals surface area contributed by atoms with Crippen molar-refractivity contribution in [2.45, 2.75) is 32.2 Å². The van der Waals surface area contributed by atoms with Gasteiger partial charge in [-0.2, -0.15) is 0 Å². The highest BCUT2D eigenvalue weighted by Crippen LogP contribution is 2.26. The Morgan fingerprint density at radius 1 is 1.58 bits per heavy atom. The zero-order valence-electron chi connectivity index (χ0n) is 7.88. The fourth-order valence-corrected chi connectivity index (χ4v) is 1.34. The fraction of sp³-hybridized carbons (Fsp3) is 0.889. The number of nitrogens with zero attached hydrogens (tertiary/aromatic N) is 1. The average molecular weight is 171 g/mol. The van der Waals surface area contributed by atoms with E-state index in [1.165, 1.54) is 12.8 Å². The van der Waals surface area contributed by atoms with E-state index in [0.717, 1.165) is 13.0 Å². The van der Waals surface area contributed by atoms with Gasteiger partial charge in [0.2, 0.25) is 5.91 Å². The summed E-state index contributed by atoms with van der Waals surface area (Å²) in [5, 5.41) is 0. The first kappa shape index (κ1) is 9.52. The van der Waals surface area contributed by atoms with E-state index in [4.69, 9.17) is 4.74 Å². The Bertz CT molecular complexity index is 155. The Balaban J connectivity index is 2.34. The van der Waals surface area contributed by atoms with Gasteiger partial charge in [0.25, 0.3) is 0 Å². The maximum absolute atomic E-state index is 11.4. The highest BCUT2D eigenvalue weighted by Gasteiger charge is 2.31. The second-order valence-corrected chi connectivity index (χ2v) is 3.25. The van der Waals surface area contributed by atoms with Crippen molar-refractivity contribution in [2.24, 2.45) is 0 Å². The molecule has 70 valence electrons. The predicted molar refractivity (Wildman–Crippen MR) is 46.9 cm³/mol. The van der Waals surface area contributed by atoms with Crippen molar-refractivity contribution in [3.63, 3.8) is 0 Å². The molecule has 3 nitrogen and oxygen atoms in total. The molecule has 1 rings (SSSR count). The van der Waals surface area contributed by atoms with Gasteiger partial charge >= 0.3 is 0 Å². The van der Waals surface area contributed by atoms with Crippen LogP contribution in [0, 0.1) is 0 Å². The van der Waals surface area contributed by atoms with Crippen LogP contribution in [0.15, 0.2) is 0 Å². The third-order valence-corrected chi connectivity index (χ3v) is 2.04. The first-order valence-corrected chi connectivity index (χ1v) is 4.58. The van der Waals surface area contributed by atoms with E-state index in [2.05, 4.69) is 6.92 Å². The maximum Gasteiger partial charge on any atom is 0.248 e. The van der Waals surface area contributed by atoms with Crippen LogP contribution < -0.4 is 0 Å². The van der Waals surface area contributed by atoms with Crippen LogP contribution >= 0.6 is 0 Å². The van der Waals surface area contributed by atoms with Gasteiger partial charge in [0, 0.05) is 19.7 Å². The summed E-state index contributed by atoms with van der Waals surface area (Å²) in [7, 11) is 1.56. The summed E-state index contributed by atoms with van der Waals surface area (Å²) in [6.45, 7) is 3.21. The van der Waals surface area contributed by atoms with E-state index in [0.29, 0.717) is 6.04 Å². The number of carbonyl (C=O) groups is 1. The van der Waals surface area contributed by atoms with Crippen LogP contribution in [0.2, 0.25) is 0 Å². The largest absolute Gasteiger partial charge is 0.375 e. The molecule has 0 N–H and O–H groups in total. The van der Waals surface area contributed by atoms with Gasteiger partial charge in [0.15, 0.2) is 0 Å². The number of ether oxygens (including phenoxy) is 1. The van der Waals surface area contributed by atoms with Gasteiger partial charge in [-0.1, -0.05) is 6.92 Å². The lowest BCUT2D eigenvalue weighted by Crippen LogP contribution is -2.36. The molecule has 0 bridgehead atoms. The number of amides is 1. The Hall–Kier alpha value is -0.570. The van der Waals surface area contributed by atoms with E-state index in [9.17, 15) is 4.79 Å². The highest BCUT2D eigenvalue weighted by atomic mass is 16.5. The van der Waals surface area contributed by atoms with Crippen molar-refractivity contribution in [1.29, 1.82) is 0 Å². The Labute approximate surface area is 73.7 Å².